The van der Waals surface area contributed by atoms with Gasteiger partial charge < -0.3 is 10.2 Å². The molecular formula is C29H30Cl2F3N3O4S. The Morgan fingerprint density at radius 2 is 1.52 bits per heavy atom. The van der Waals surface area contributed by atoms with Gasteiger partial charge in [0, 0.05) is 17.1 Å². The molecule has 0 aromatic heterocycles. The number of hydrogen-bond donors (Lipinski definition) is 1. The maximum absolute atomic E-state index is 13.9. The molecule has 0 saturated heterocycles. The summed E-state index contributed by atoms with van der Waals surface area (Å²) in [7, 11) is -4.60. The zero-order valence-electron chi connectivity index (χ0n) is 23.2. The first-order valence-corrected chi connectivity index (χ1v) is 14.9. The first kappa shape index (κ1) is 33.2. The van der Waals surface area contributed by atoms with Crippen molar-refractivity contribution in [1.29, 1.82) is 0 Å². The smallest absolute Gasteiger partial charge is 0.350 e. The van der Waals surface area contributed by atoms with Crippen LogP contribution in [0.2, 0.25) is 10.0 Å². The molecule has 3 rings (SSSR count). The number of amides is 2. The van der Waals surface area contributed by atoms with E-state index >= 15 is 0 Å². The fourth-order valence-electron chi connectivity index (χ4n) is 3.96. The molecule has 1 atom stereocenters. The molecule has 13 heteroatoms. The fraction of sp³-hybridized carbons (Fsp3) is 0.310. The Balaban J connectivity index is 2.13. The normalized spacial score (nSPS) is 12.9. The number of sulfonamides is 1. The summed E-state index contributed by atoms with van der Waals surface area (Å²) < 4.78 is 69.1. The van der Waals surface area contributed by atoms with Gasteiger partial charge in [0.2, 0.25) is 11.8 Å². The predicted molar refractivity (Wildman–Crippen MR) is 157 cm³/mol. The second kappa shape index (κ2) is 12.9. The third-order valence-corrected chi connectivity index (χ3v) is 8.43. The van der Waals surface area contributed by atoms with Gasteiger partial charge in [0.25, 0.3) is 10.0 Å². The zero-order valence-corrected chi connectivity index (χ0v) is 25.6. The standard InChI is InChI=1S/C29H30Cl2F3N3O4S/c1-19(27(39)35-28(2,3)4)36(17-20-10-13-22(30)14-11-20)26(38)18-37(42(40,41)23-8-6-5-7-9-23)25-16-21(29(32,33)34)12-15-24(25)31/h5-16,19H,17-18H2,1-4H3,(H,35,39)/t19-/m1/s1. The molecule has 0 saturated carbocycles. The lowest BCUT2D eigenvalue weighted by Crippen LogP contribution is -2.54. The number of nitrogens with one attached hydrogen (secondary N) is 1. The number of benzene rings is 3. The molecule has 0 aliphatic heterocycles. The second-order valence-corrected chi connectivity index (χ2v) is 13.3. The zero-order chi connectivity index (χ0) is 31.5. The van der Waals surface area contributed by atoms with Crippen LogP contribution in [0.4, 0.5) is 18.9 Å². The molecule has 0 aliphatic carbocycles. The van der Waals surface area contributed by atoms with Crippen LogP contribution in [0.3, 0.4) is 0 Å². The molecule has 0 heterocycles. The monoisotopic (exact) mass is 643 g/mol. The van der Waals surface area contributed by atoms with Crippen molar-refractivity contribution in [3.05, 3.63) is 94.0 Å². The quantitative estimate of drug-likeness (QED) is 0.287. The lowest BCUT2D eigenvalue weighted by Gasteiger charge is -2.33. The van der Waals surface area contributed by atoms with E-state index in [1.54, 1.807) is 51.1 Å². The van der Waals surface area contributed by atoms with E-state index in [4.69, 9.17) is 23.2 Å². The molecule has 2 amide bonds. The van der Waals surface area contributed by atoms with E-state index in [0.29, 0.717) is 27.0 Å². The van der Waals surface area contributed by atoms with Crippen LogP contribution in [0.15, 0.2) is 77.7 Å². The van der Waals surface area contributed by atoms with Crippen molar-refractivity contribution < 1.29 is 31.2 Å². The van der Waals surface area contributed by atoms with Crippen LogP contribution >= 0.6 is 23.2 Å². The average molecular weight is 645 g/mol. The third-order valence-electron chi connectivity index (χ3n) is 6.08. The summed E-state index contributed by atoms with van der Waals surface area (Å²) in [4.78, 5) is 27.9. The summed E-state index contributed by atoms with van der Waals surface area (Å²) in [5, 5.41) is 2.91. The van der Waals surface area contributed by atoms with Gasteiger partial charge in [-0.2, -0.15) is 13.2 Å². The molecule has 0 bridgehead atoms. The number of rotatable bonds is 9. The van der Waals surface area contributed by atoms with Gasteiger partial charge in [-0.15, -0.1) is 0 Å². The van der Waals surface area contributed by atoms with Crippen LogP contribution in [0.5, 0.6) is 0 Å². The molecule has 0 spiro atoms. The summed E-state index contributed by atoms with van der Waals surface area (Å²) in [6.07, 6.45) is -4.81. The maximum atomic E-state index is 13.9. The van der Waals surface area contributed by atoms with E-state index in [0.717, 1.165) is 11.0 Å². The predicted octanol–water partition coefficient (Wildman–Crippen LogP) is 6.54. The van der Waals surface area contributed by atoms with Crippen LogP contribution in [0.25, 0.3) is 0 Å². The topological polar surface area (TPSA) is 86.8 Å². The number of nitrogens with zero attached hydrogens (tertiary/aromatic N) is 2. The van der Waals surface area contributed by atoms with Gasteiger partial charge in [-0.05, 0) is 75.7 Å². The number of alkyl halides is 3. The van der Waals surface area contributed by atoms with Crippen molar-refractivity contribution in [3.8, 4) is 0 Å². The molecule has 3 aromatic rings. The highest BCUT2D eigenvalue weighted by atomic mass is 35.5. The summed E-state index contributed by atoms with van der Waals surface area (Å²) >= 11 is 12.2. The molecule has 0 radical (unpaired) electrons. The molecule has 7 nitrogen and oxygen atoms in total. The third kappa shape index (κ3) is 8.39. The summed E-state index contributed by atoms with van der Waals surface area (Å²) in [5.74, 6) is -1.37. The van der Waals surface area contributed by atoms with E-state index in [-0.39, 0.29) is 16.5 Å². The Bertz CT molecular complexity index is 1530. The molecule has 226 valence electrons. The van der Waals surface area contributed by atoms with Gasteiger partial charge in [-0.1, -0.05) is 53.5 Å². The maximum Gasteiger partial charge on any atom is 0.416 e. The molecule has 0 aliphatic rings. The molecule has 3 aromatic carbocycles. The van der Waals surface area contributed by atoms with Crippen molar-refractivity contribution in [3.63, 3.8) is 0 Å². The Morgan fingerprint density at radius 3 is 2.07 bits per heavy atom. The van der Waals surface area contributed by atoms with Crippen molar-refractivity contribution in [2.45, 2.75) is 56.9 Å². The number of anilines is 1. The Hall–Kier alpha value is -3.28. The lowest BCUT2D eigenvalue weighted by molar-refractivity contribution is -0.140. The minimum atomic E-state index is -4.81. The Morgan fingerprint density at radius 1 is 0.929 bits per heavy atom. The van der Waals surface area contributed by atoms with Crippen molar-refractivity contribution >= 4 is 50.7 Å². The van der Waals surface area contributed by atoms with Crippen molar-refractivity contribution in [1.82, 2.24) is 10.2 Å². The van der Waals surface area contributed by atoms with Crippen LogP contribution in [-0.4, -0.2) is 43.3 Å². The Labute approximate surface area is 253 Å². The number of carbonyl (C=O) groups excluding carboxylic acids is 2. The molecule has 0 unspecified atom stereocenters. The van der Waals surface area contributed by atoms with E-state index < -0.39 is 57.4 Å². The van der Waals surface area contributed by atoms with E-state index in [9.17, 15) is 31.2 Å². The summed E-state index contributed by atoms with van der Waals surface area (Å²) in [6, 6.07) is 14.5. The minimum absolute atomic E-state index is 0.121. The molecule has 42 heavy (non-hydrogen) atoms. The van der Waals surface area contributed by atoms with Gasteiger partial charge in [-0.25, -0.2) is 8.42 Å². The van der Waals surface area contributed by atoms with Crippen molar-refractivity contribution in [2.24, 2.45) is 0 Å². The average Bonchev–Trinajstić information content (AvgIpc) is 2.90. The molecule has 0 fully saturated rings. The first-order chi connectivity index (χ1) is 19.4. The number of hydrogen-bond acceptors (Lipinski definition) is 4. The van der Waals surface area contributed by atoms with E-state index in [1.165, 1.54) is 31.2 Å². The highest BCUT2D eigenvalue weighted by Gasteiger charge is 2.36. The second-order valence-electron chi connectivity index (χ2n) is 10.6. The van der Waals surface area contributed by atoms with Crippen LogP contribution in [0, 0.1) is 0 Å². The summed E-state index contributed by atoms with van der Waals surface area (Å²) in [5.41, 5.74) is -1.76. The van der Waals surface area contributed by atoms with Gasteiger partial charge in [0.05, 0.1) is 21.2 Å². The molecule has 1 N–H and O–H groups in total. The minimum Gasteiger partial charge on any atom is -0.350 e. The molecular weight excluding hydrogens is 614 g/mol. The highest BCUT2D eigenvalue weighted by Crippen LogP contribution is 2.37. The lowest BCUT2D eigenvalue weighted by atomic mass is 10.1. The Kier molecular flexibility index (Phi) is 10.2. The van der Waals surface area contributed by atoms with E-state index in [2.05, 4.69) is 5.32 Å². The van der Waals surface area contributed by atoms with Crippen LogP contribution in [-0.2, 0) is 32.3 Å². The highest BCUT2D eigenvalue weighted by molar-refractivity contribution is 7.92. The van der Waals surface area contributed by atoms with Crippen molar-refractivity contribution in [2.75, 3.05) is 10.8 Å². The first-order valence-electron chi connectivity index (χ1n) is 12.7. The summed E-state index contributed by atoms with van der Waals surface area (Å²) in [6.45, 7) is 5.68. The number of halogens is 5. The SMILES string of the molecule is C[C@H](C(=O)NC(C)(C)C)N(Cc1ccc(Cl)cc1)C(=O)CN(c1cc(C(F)(F)F)ccc1Cl)S(=O)(=O)c1ccccc1. The van der Waals surface area contributed by atoms with Gasteiger partial charge >= 0.3 is 6.18 Å². The van der Waals surface area contributed by atoms with Gasteiger partial charge in [0.1, 0.15) is 12.6 Å². The number of carbonyl (C=O) groups is 2. The largest absolute Gasteiger partial charge is 0.416 e. The van der Waals surface area contributed by atoms with E-state index in [1.807, 2.05) is 0 Å². The van der Waals surface area contributed by atoms with Gasteiger partial charge in [0.15, 0.2) is 0 Å². The van der Waals surface area contributed by atoms with Gasteiger partial charge in [-0.3, -0.25) is 13.9 Å². The van der Waals surface area contributed by atoms with Crippen LogP contribution < -0.4 is 9.62 Å². The van der Waals surface area contributed by atoms with Crippen LogP contribution in [0.1, 0.15) is 38.8 Å². The fourth-order valence-corrected chi connectivity index (χ4v) is 5.80.